The molecule has 42 heavy (non-hydrogen) atoms. The molecule has 0 aliphatic heterocycles. The van der Waals surface area contributed by atoms with E-state index in [0.29, 0.717) is 17.0 Å². The molecule has 0 aliphatic carbocycles. The summed E-state index contributed by atoms with van der Waals surface area (Å²) < 4.78 is 52.9. The van der Waals surface area contributed by atoms with Gasteiger partial charge in [0.2, 0.25) is 0 Å². The van der Waals surface area contributed by atoms with Crippen LogP contribution in [0, 0.1) is 11.2 Å². The zero-order valence-corrected chi connectivity index (χ0v) is 21.4. The predicted octanol–water partition coefficient (Wildman–Crippen LogP) is 3.53. The number of para-hydroxylation sites is 1. The van der Waals surface area contributed by atoms with Crippen molar-refractivity contribution in [2.75, 3.05) is 12.4 Å². The van der Waals surface area contributed by atoms with Crippen molar-refractivity contribution in [1.82, 2.24) is 14.8 Å². The first-order valence-corrected chi connectivity index (χ1v) is 11.6. The van der Waals surface area contributed by atoms with Crippen LogP contribution in [0.5, 0.6) is 5.75 Å². The van der Waals surface area contributed by atoms with Gasteiger partial charge in [-0.05, 0) is 54.6 Å². The van der Waals surface area contributed by atoms with E-state index in [1.807, 2.05) is 0 Å². The van der Waals surface area contributed by atoms with Crippen LogP contribution in [0.3, 0.4) is 0 Å². The molecule has 4 rings (SSSR count). The Balaban J connectivity index is 0.000000616. The van der Waals surface area contributed by atoms with Crippen LogP contribution in [0.15, 0.2) is 71.5 Å². The summed E-state index contributed by atoms with van der Waals surface area (Å²) in [5, 5.41) is 31.6. The number of methoxy groups -OCH3 is 1. The Labute approximate surface area is 233 Å². The van der Waals surface area contributed by atoms with Gasteiger partial charge >= 0.3 is 23.8 Å². The molecule has 0 aliphatic rings. The summed E-state index contributed by atoms with van der Waals surface area (Å²) in [6, 6.07) is 15.6. The van der Waals surface area contributed by atoms with Crippen LogP contribution >= 0.6 is 0 Å². The molecule has 0 amide bonds. The summed E-state index contributed by atoms with van der Waals surface area (Å²) >= 11 is 0. The monoisotopic (exact) mass is 590 g/mol. The molecule has 0 bridgehead atoms. The van der Waals surface area contributed by atoms with Crippen molar-refractivity contribution >= 4 is 23.5 Å². The highest BCUT2D eigenvalue weighted by molar-refractivity contribution is 5.95. The number of nitrogens with zero attached hydrogens (tertiary/aromatic N) is 2. The number of hydrogen-bond acceptors (Lipinski definition) is 7. The van der Waals surface area contributed by atoms with Crippen LogP contribution in [0.1, 0.15) is 33.4 Å². The second kappa shape index (κ2) is 12.7. The first-order chi connectivity index (χ1) is 19.7. The summed E-state index contributed by atoms with van der Waals surface area (Å²) in [6.07, 6.45) is -5.08. The lowest BCUT2D eigenvalue weighted by Gasteiger charge is -2.19. The lowest BCUT2D eigenvalue weighted by Crippen LogP contribution is -2.21. The lowest BCUT2D eigenvalue weighted by molar-refractivity contribution is -0.192. The maximum Gasteiger partial charge on any atom is 0.490 e. The third-order valence-electron chi connectivity index (χ3n) is 5.53. The number of carboxylic acid groups (broad SMARTS) is 2. The van der Waals surface area contributed by atoms with Gasteiger partial charge in [0.15, 0.2) is 5.82 Å². The number of aromatic carboxylic acids is 1. The minimum Gasteiger partial charge on any atom is -0.497 e. The predicted molar refractivity (Wildman–Crippen MR) is 141 cm³/mol. The Morgan fingerprint density at radius 3 is 2.26 bits per heavy atom. The number of halogens is 4. The Morgan fingerprint density at radius 2 is 1.71 bits per heavy atom. The number of anilines is 1. The van der Waals surface area contributed by atoms with E-state index < -0.39 is 35.7 Å². The number of H-pyrrole nitrogens is 1. The number of carbonyl (C=O) groups is 2. The number of benzene rings is 3. The number of hydrogen-bond donors (Lipinski definition) is 6. The van der Waals surface area contributed by atoms with Gasteiger partial charge in [0.1, 0.15) is 23.4 Å². The number of alkyl halides is 3. The van der Waals surface area contributed by atoms with E-state index in [1.54, 1.807) is 30.3 Å². The molecule has 0 fully saturated rings. The van der Waals surface area contributed by atoms with E-state index in [-0.39, 0.29) is 28.5 Å². The average Bonchev–Trinajstić information content (AvgIpc) is 3.33. The molecule has 0 saturated heterocycles. The number of nitrogen functional groups attached to an aromatic ring is 1. The summed E-state index contributed by atoms with van der Waals surface area (Å²) in [7, 11) is 1.44. The smallest absolute Gasteiger partial charge is 0.490 e. The Kier molecular flexibility index (Phi) is 9.31. The van der Waals surface area contributed by atoms with Crippen LogP contribution in [0.2, 0.25) is 0 Å². The molecular formula is C26H22F4N6O6. The molecule has 1 atom stereocenters. The fourth-order valence-corrected chi connectivity index (χ4v) is 3.55. The number of rotatable bonds is 8. The highest BCUT2D eigenvalue weighted by Gasteiger charge is 2.38. The standard InChI is InChI=1S/C24H21FN6O4.C2HF3O2/c1-35-15-10-11-18(25)17(12-15)20(28-14-8-6-13(7-9-14)21(26)27)22-29-24(34)31(30-22)19-5-3-2-4-16(19)23(32)33;3-2(4,5)1(6)7/h2-12,20,28H,1H3,(H3,26,27)(H,32,33)(H,29,30,34);(H,6,7). The van der Waals surface area contributed by atoms with E-state index >= 15 is 0 Å². The molecule has 0 spiro atoms. The zero-order chi connectivity index (χ0) is 31.2. The van der Waals surface area contributed by atoms with E-state index in [1.165, 1.54) is 43.5 Å². The summed E-state index contributed by atoms with van der Waals surface area (Å²) in [6.45, 7) is 0. The molecule has 1 unspecified atom stereocenters. The van der Waals surface area contributed by atoms with Crippen LogP contribution in [-0.4, -0.2) is 56.0 Å². The van der Waals surface area contributed by atoms with Crippen LogP contribution in [-0.2, 0) is 4.79 Å². The number of nitrogens with one attached hydrogen (secondary N) is 3. The average molecular weight is 590 g/mol. The largest absolute Gasteiger partial charge is 0.497 e. The van der Waals surface area contributed by atoms with Gasteiger partial charge in [-0.2, -0.15) is 17.9 Å². The first kappa shape index (κ1) is 30.9. The summed E-state index contributed by atoms with van der Waals surface area (Å²) in [4.78, 5) is 35.9. The Hall–Kier alpha value is -5.67. The van der Waals surface area contributed by atoms with E-state index in [9.17, 15) is 32.3 Å². The molecule has 12 nitrogen and oxygen atoms in total. The van der Waals surface area contributed by atoms with Crippen molar-refractivity contribution < 1.29 is 42.1 Å². The van der Waals surface area contributed by atoms with Gasteiger partial charge in [-0.25, -0.2) is 18.8 Å². The van der Waals surface area contributed by atoms with Crippen molar-refractivity contribution in [1.29, 1.82) is 5.41 Å². The zero-order valence-electron chi connectivity index (χ0n) is 21.4. The number of carboxylic acids is 2. The minimum atomic E-state index is -5.08. The third kappa shape index (κ3) is 7.29. The second-order valence-electron chi connectivity index (χ2n) is 8.31. The Morgan fingerprint density at radius 1 is 1.10 bits per heavy atom. The molecule has 7 N–H and O–H groups in total. The second-order valence-corrected chi connectivity index (χ2v) is 8.31. The molecule has 3 aromatic carbocycles. The van der Waals surface area contributed by atoms with Gasteiger partial charge in [0, 0.05) is 16.8 Å². The van der Waals surface area contributed by atoms with Gasteiger partial charge in [-0.15, -0.1) is 5.10 Å². The van der Waals surface area contributed by atoms with Crippen molar-refractivity contribution in [3.63, 3.8) is 0 Å². The first-order valence-electron chi connectivity index (χ1n) is 11.6. The highest BCUT2D eigenvalue weighted by atomic mass is 19.4. The minimum absolute atomic E-state index is 0.0398. The quantitative estimate of drug-likeness (QED) is 0.101. The lowest BCUT2D eigenvalue weighted by atomic mass is 10.0. The van der Waals surface area contributed by atoms with Gasteiger partial charge in [-0.1, -0.05) is 12.1 Å². The molecular weight excluding hydrogens is 568 g/mol. The number of nitrogens with two attached hydrogens (primary N) is 1. The number of ether oxygens (including phenoxy) is 1. The Bertz CT molecular complexity index is 1670. The molecule has 16 heteroatoms. The van der Waals surface area contributed by atoms with Gasteiger partial charge in [0.25, 0.3) is 0 Å². The highest BCUT2D eigenvalue weighted by Crippen LogP contribution is 2.29. The van der Waals surface area contributed by atoms with Crippen LogP contribution in [0.4, 0.5) is 23.2 Å². The molecule has 0 saturated carbocycles. The van der Waals surface area contributed by atoms with Crippen molar-refractivity contribution in [3.05, 3.63) is 106 Å². The molecule has 4 aromatic rings. The maximum atomic E-state index is 15.0. The third-order valence-corrected chi connectivity index (χ3v) is 5.53. The maximum absolute atomic E-state index is 15.0. The SMILES string of the molecule is COc1ccc(F)c(C(Nc2ccc(C(=N)N)cc2)c2nn(-c3ccccc3C(=O)O)c(=O)[nH]2)c1.O=C(O)C(F)(F)F. The fourth-order valence-electron chi connectivity index (χ4n) is 3.55. The molecule has 1 heterocycles. The number of aliphatic carboxylic acids is 1. The number of amidine groups is 1. The van der Waals surface area contributed by atoms with Crippen molar-refractivity contribution in [2.45, 2.75) is 12.2 Å². The normalized spacial score (nSPS) is 11.5. The summed E-state index contributed by atoms with van der Waals surface area (Å²) in [5.41, 5.74) is 5.92. The van der Waals surface area contributed by atoms with Gasteiger partial charge < -0.3 is 26.0 Å². The van der Waals surface area contributed by atoms with Gasteiger partial charge in [0.05, 0.1) is 18.4 Å². The molecule has 220 valence electrons. The number of aromatic amines is 1. The fraction of sp³-hybridized carbons (Fsp3) is 0.115. The topological polar surface area (TPSA) is 196 Å². The van der Waals surface area contributed by atoms with Crippen LogP contribution in [0.25, 0.3) is 5.69 Å². The molecule has 0 radical (unpaired) electrons. The number of aromatic nitrogens is 3. The van der Waals surface area contributed by atoms with E-state index in [4.69, 9.17) is 25.8 Å². The molecule has 1 aromatic heterocycles. The summed E-state index contributed by atoms with van der Waals surface area (Å²) in [5.74, 6) is -4.24. The van der Waals surface area contributed by atoms with Crippen molar-refractivity contribution in [2.24, 2.45) is 5.73 Å². The van der Waals surface area contributed by atoms with E-state index in [0.717, 1.165) is 4.68 Å². The van der Waals surface area contributed by atoms with Gasteiger partial charge in [-0.3, -0.25) is 10.4 Å². The van der Waals surface area contributed by atoms with Crippen molar-refractivity contribution in [3.8, 4) is 11.4 Å². The van der Waals surface area contributed by atoms with Crippen LogP contribution < -0.4 is 21.5 Å². The van der Waals surface area contributed by atoms with E-state index in [2.05, 4.69) is 15.4 Å².